The molecule has 167 valence electrons. The first kappa shape index (κ1) is 21.7. The van der Waals surface area contributed by atoms with E-state index in [0.29, 0.717) is 5.92 Å². The van der Waals surface area contributed by atoms with Crippen LogP contribution in [-0.4, -0.2) is 24.5 Å². The number of nitrogens with zero attached hydrogens (tertiary/aromatic N) is 1. The number of rotatable bonds is 7. The molecule has 1 saturated heterocycles. The Morgan fingerprint density at radius 1 is 0.879 bits per heavy atom. The van der Waals surface area contributed by atoms with Crippen LogP contribution in [0.1, 0.15) is 48.0 Å². The van der Waals surface area contributed by atoms with Crippen LogP contribution in [0.3, 0.4) is 0 Å². The minimum absolute atomic E-state index is 0.0423. The van der Waals surface area contributed by atoms with E-state index < -0.39 is 0 Å². The second-order valence-corrected chi connectivity index (χ2v) is 9.15. The van der Waals surface area contributed by atoms with Gasteiger partial charge in [-0.25, -0.2) is 0 Å². The number of likely N-dealkylation sites (tertiary alicyclic amines) is 1. The van der Waals surface area contributed by atoms with Gasteiger partial charge in [0, 0.05) is 18.4 Å². The van der Waals surface area contributed by atoms with Crippen LogP contribution in [-0.2, 0) is 0 Å². The molecule has 0 aliphatic carbocycles. The summed E-state index contributed by atoms with van der Waals surface area (Å²) in [5.74, 6) is 1.63. The molecule has 1 radical (unpaired) electrons. The van der Waals surface area contributed by atoms with Crippen LogP contribution in [0.25, 0.3) is 10.8 Å². The van der Waals surface area contributed by atoms with Gasteiger partial charge in [-0.3, -0.25) is 0 Å². The highest BCUT2D eigenvalue weighted by atomic mass is 16.5. The molecule has 1 aliphatic heterocycles. The fraction of sp³-hybridized carbons (Fsp3) is 0.290. The molecular weight excluding hydrogens is 402 g/mol. The minimum atomic E-state index is 0.0423. The van der Waals surface area contributed by atoms with Gasteiger partial charge >= 0.3 is 0 Å². The number of aryl methyl sites for hydroxylation is 1. The normalized spacial score (nSPS) is 16.0. The Bertz CT molecular complexity index is 1170. The van der Waals surface area contributed by atoms with Crippen molar-refractivity contribution in [1.82, 2.24) is 4.90 Å². The molecule has 4 aromatic rings. The lowest BCUT2D eigenvalue weighted by Crippen LogP contribution is -2.34. The van der Waals surface area contributed by atoms with E-state index in [1.54, 1.807) is 0 Å². The highest BCUT2D eigenvalue weighted by Gasteiger charge is 2.23. The molecule has 2 nitrogen and oxygen atoms in total. The average Bonchev–Trinajstić information content (AvgIpc) is 2.88. The zero-order chi connectivity index (χ0) is 22.5. The van der Waals surface area contributed by atoms with E-state index in [4.69, 9.17) is 4.74 Å². The second-order valence-electron chi connectivity index (χ2n) is 9.15. The quantitative estimate of drug-likeness (QED) is 0.302. The van der Waals surface area contributed by atoms with E-state index >= 15 is 0 Å². The van der Waals surface area contributed by atoms with Gasteiger partial charge in [0.05, 0.1) is 0 Å². The van der Waals surface area contributed by atoms with Crippen molar-refractivity contribution in [3.8, 4) is 5.75 Å². The lowest BCUT2D eigenvalue weighted by molar-refractivity contribution is 0.149. The molecule has 0 amide bonds. The summed E-state index contributed by atoms with van der Waals surface area (Å²) in [5, 5.41) is 2.40. The van der Waals surface area contributed by atoms with Gasteiger partial charge in [-0.2, -0.15) is 0 Å². The van der Waals surface area contributed by atoms with E-state index in [1.807, 2.05) is 6.07 Å². The predicted octanol–water partition coefficient (Wildman–Crippen LogP) is 7.34. The highest BCUT2D eigenvalue weighted by Crippen LogP contribution is 2.33. The number of piperidine rings is 1. The summed E-state index contributed by atoms with van der Waals surface area (Å²) in [6.45, 7) is 5.54. The first-order chi connectivity index (χ1) is 16.3. The molecule has 0 saturated carbocycles. The first-order valence-corrected chi connectivity index (χ1v) is 12.2. The summed E-state index contributed by atoms with van der Waals surface area (Å²) in [4.78, 5) is 2.61. The Hall–Kier alpha value is -3.10. The summed E-state index contributed by atoms with van der Waals surface area (Å²) in [6.07, 6.45) is 3.47. The van der Waals surface area contributed by atoms with E-state index in [0.717, 1.165) is 31.8 Å². The van der Waals surface area contributed by atoms with Crippen molar-refractivity contribution in [2.45, 2.75) is 38.2 Å². The van der Waals surface area contributed by atoms with Crippen molar-refractivity contribution < 1.29 is 4.74 Å². The molecule has 2 heteroatoms. The lowest BCUT2D eigenvalue weighted by Gasteiger charge is -2.33. The summed E-state index contributed by atoms with van der Waals surface area (Å²) in [6, 6.07) is 35.3. The van der Waals surface area contributed by atoms with E-state index in [9.17, 15) is 0 Å². The molecule has 0 bridgehead atoms. The third-order valence-corrected chi connectivity index (χ3v) is 7.03. The van der Waals surface area contributed by atoms with Gasteiger partial charge in [-0.15, -0.1) is 0 Å². The van der Waals surface area contributed by atoms with Crippen molar-refractivity contribution in [2.24, 2.45) is 0 Å². The van der Waals surface area contributed by atoms with Gasteiger partial charge in [0.15, 0.2) is 0 Å². The van der Waals surface area contributed by atoms with Crippen molar-refractivity contribution in [3.05, 3.63) is 114 Å². The van der Waals surface area contributed by atoms with Crippen LogP contribution in [0.4, 0.5) is 0 Å². The number of benzene rings is 4. The molecule has 1 atom stereocenters. The number of fused-ring (bicyclic) bond motifs is 1. The maximum atomic E-state index is 6.68. The second kappa shape index (κ2) is 10.2. The van der Waals surface area contributed by atoms with Crippen LogP contribution >= 0.6 is 0 Å². The highest BCUT2D eigenvalue weighted by molar-refractivity contribution is 5.88. The van der Waals surface area contributed by atoms with Gasteiger partial charge in [0.25, 0.3) is 0 Å². The van der Waals surface area contributed by atoms with E-state index in [2.05, 4.69) is 103 Å². The summed E-state index contributed by atoms with van der Waals surface area (Å²) in [5.41, 5.74) is 4.04. The Kier molecular flexibility index (Phi) is 6.73. The topological polar surface area (TPSA) is 12.5 Å². The summed E-state index contributed by atoms with van der Waals surface area (Å²) in [7, 11) is 0. The zero-order valence-corrected chi connectivity index (χ0v) is 19.4. The number of hydrogen-bond acceptors (Lipinski definition) is 2. The largest absolute Gasteiger partial charge is 0.485 e. The van der Waals surface area contributed by atoms with Crippen LogP contribution in [0.15, 0.2) is 91.0 Å². The third-order valence-electron chi connectivity index (χ3n) is 7.03. The Morgan fingerprint density at radius 2 is 1.64 bits per heavy atom. The fourth-order valence-electron chi connectivity index (χ4n) is 5.16. The first-order valence-electron chi connectivity index (χ1n) is 12.2. The van der Waals surface area contributed by atoms with Crippen LogP contribution in [0.5, 0.6) is 5.75 Å². The van der Waals surface area contributed by atoms with Crippen molar-refractivity contribution in [2.75, 3.05) is 19.6 Å². The standard InChI is InChI=1S/C31H32NO/c1-24-10-5-7-15-28(24)26-18-21-32(22-19-26)23-20-30(27-12-3-2-4-13-27)33-31-17-9-14-25-11-6-8-16-29(25)31/h2-9,11-17,26,30H,18-23H2,1H3/t30-/m0/s1. The third kappa shape index (κ3) is 5.12. The molecule has 33 heavy (non-hydrogen) atoms. The number of ether oxygens (including phenoxy) is 1. The molecule has 4 aromatic carbocycles. The van der Waals surface area contributed by atoms with Crippen molar-refractivity contribution in [1.29, 1.82) is 0 Å². The summed E-state index contributed by atoms with van der Waals surface area (Å²) >= 11 is 0. The van der Waals surface area contributed by atoms with Crippen LogP contribution in [0.2, 0.25) is 0 Å². The van der Waals surface area contributed by atoms with E-state index in [1.165, 1.54) is 40.3 Å². The van der Waals surface area contributed by atoms with Gasteiger partial charge in [-0.1, -0.05) is 84.9 Å². The molecule has 1 aliphatic rings. The molecule has 0 aromatic heterocycles. The summed E-state index contributed by atoms with van der Waals surface area (Å²) < 4.78 is 6.68. The smallest absolute Gasteiger partial charge is 0.128 e. The van der Waals surface area contributed by atoms with E-state index in [-0.39, 0.29) is 6.10 Å². The molecule has 5 rings (SSSR count). The molecule has 1 heterocycles. The predicted molar refractivity (Wildman–Crippen MR) is 137 cm³/mol. The van der Waals surface area contributed by atoms with Gasteiger partial charge in [0.1, 0.15) is 11.9 Å². The Labute approximate surface area is 197 Å². The zero-order valence-electron chi connectivity index (χ0n) is 19.4. The van der Waals surface area contributed by atoms with Crippen molar-refractivity contribution >= 4 is 10.8 Å². The van der Waals surface area contributed by atoms with Gasteiger partial charge in [-0.05, 0) is 73.0 Å². The monoisotopic (exact) mass is 434 g/mol. The van der Waals surface area contributed by atoms with Gasteiger partial charge < -0.3 is 9.64 Å². The maximum Gasteiger partial charge on any atom is 0.128 e. The molecular formula is C31H32NO. The van der Waals surface area contributed by atoms with Crippen LogP contribution in [0, 0.1) is 13.0 Å². The van der Waals surface area contributed by atoms with Crippen LogP contribution < -0.4 is 4.74 Å². The Morgan fingerprint density at radius 3 is 2.45 bits per heavy atom. The molecule has 1 fully saturated rings. The lowest BCUT2D eigenvalue weighted by atomic mass is 9.87. The molecule has 0 N–H and O–H groups in total. The molecule has 0 spiro atoms. The number of hydrogen-bond donors (Lipinski definition) is 0. The molecule has 0 unspecified atom stereocenters. The minimum Gasteiger partial charge on any atom is -0.485 e. The maximum absolute atomic E-state index is 6.68. The average molecular weight is 435 g/mol. The fourth-order valence-corrected chi connectivity index (χ4v) is 5.16. The Balaban J connectivity index is 1.26. The van der Waals surface area contributed by atoms with Gasteiger partial charge in [0.2, 0.25) is 0 Å². The SMILES string of the molecule is Cc1[c]cccc1C1CCN(CC[C@H](Oc2cccc3ccccc23)c2ccccc2)CC1. The van der Waals surface area contributed by atoms with Crippen molar-refractivity contribution in [3.63, 3.8) is 0 Å².